The number of carbonyl (C=O) groups is 2. The molecule has 0 heterocycles. The Morgan fingerprint density at radius 1 is 0.464 bits per heavy atom. The van der Waals surface area contributed by atoms with Crippen LogP contribution in [0.15, 0.2) is 60.8 Å². The molecule has 0 bridgehead atoms. The first-order chi connectivity index (χ1) is 33.5. The van der Waals surface area contributed by atoms with E-state index < -0.39 is 26.5 Å². The highest BCUT2D eigenvalue weighted by molar-refractivity contribution is 7.47. The summed E-state index contributed by atoms with van der Waals surface area (Å²) in [7, 11) is 1.47. The molecule has 0 aromatic heterocycles. The van der Waals surface area contributed by atoms with Crippen LogP contribution in [0.25, 0.3) is 0 Å². The molecule has 0 radical (unpaired) electrons. The van der Waals surface area contributed by atoms with Crippen LogP contribution in [0, 0.1) is 0 Å². The van der Waals surface area contributed by atoms with Crippen LogP contribution in [0.4, 0.5) is 0 Å². The van der Waals surface area contributed by atoms with Crippen LogP contribution >= 0.6 is 7.82 Å². The van der Waals surface area contributed by atoms with Crippen molar-refractivity contribution in [3.63, 3.8) is 0 Å². The molecule has 10 heteroatoms. The van der Waals surface area contributed by atoms with Crippen LogP contribution in [-0.2, 0) is 32.7 Å². The normalized spacial score (nSPS) is 13.8. The van der Waals surface area contributed by atoms with Crippen LogP contribution in [0.2, 0.25) is 0 Å². The van der Waals surface area contributed by atoms with Gasteiger partial charge in [-0.05, 0) is 57.8 Å². The Bertz CT molecular complexity index is 1350. The summed E-state index contributed by atoms with van der Waals surface area (Å²) in [5, 5.41) is 0. The Balaban J connectivity index is 4.20. The van der Waals surface area contributed by atoms with E-state index in [1.807, 2.05) is 21.1 Å². The van der Waals surface area contributed by atoms with E-state index in [-0.39, 0.29) is 32.0 Å². The summed E-state index contributed by atoms with van der Waals surface area (Å²) in [6.45, 7) is 4.34. The highest BCUT2D eigenvalue weighted by Gasteiger charge is 2.27. The third kappa shape index (κ3) is 54.9. The number of hydrogen-bond donors (Lipinski definition) is 1. The van der Waals surface area contributed by atoms with Gasteiger partial charge in [0.1, 0.15) is 19.8 Å². The van der Waals surface area contributed by atoms with Crippen molar-refractivity contribution in [1.82, 2.24) is 0 Å². The van der Waals surface area contributed by atoms with Crippen molar-refractivity contribution < 1.29 is 42.1 Å². The zero-order valence-electron chi connectivity index (χ0n) is 45.5. The van der Waals surface area contributed by atoms with Crippen molar-refractivity contribution in [2.24, 2.45) is 0 Å². The lowest BCUT2D eigenvalue weighted by Crippen LogP contribution is -2.37. The second-order valence-electron chi connectivity index (χ2n) is 20.3. The predicted octanol–water partition coefficient (Wildman–Crippen LogP) is 17.5. The zero-order valence-corrected chi connectivity index (χ0v) is 46.4. The molecule has 9 nitrogen and oxygen atoms in total. The fourth-order valence-corrected chi connectivity index (χ4v) is 8.67. The van der Waals surface area contributed by atoms with Gasteiger partial charge in [-0.1, -0.05) is 242 Å². The van der Waals surface area contributed by atoms with E-state index in [9.17, 15) is 19.0 Å². The maximum atomic E-state index is 12.8. The molecular formula is C59H109NO8P+. The minimum atomic E-state index is -4.39. The summed E-state index contributed by atoms with van der Waals surface area (Å²) in [6.07, 6.45) is 64.2. The fraction of sp³-hybridized carbons (Fsp3) is 0.797. The predicted molar refractivity (Wildman–Crippen MR) is 293 cm³/mol. The van der Waals surface area contributed by atoms with E-state index in [4.69, 9.17) is 18.5 Å². The molecule has 2 atom stereocenters. The van der Waals surface area contributed by atoms with Crippen LogP contribution in [0.5, 0.6) is 0 Å². The standard InChI is InChI=1S/C59H108NO8P/c1-6-8-10-12-14-16-18-20-22-24-26-28-30-32-34-36-38-40-42-44-46-48-50-52-59(62)68-57(56-67-69(63,64)66-54-53-60(3,4)5)55-65-58(61)51-49-47-45-43-41-39-37-35-33-31-29-27-25-23-21-19-17-15-13-11-9-7-2/h8,10,14,16,20,22,26,28,32,34,57H,6-7,9,11-13,15,17-19,21,23-25,27,29-31,33,35-56H2,1-5H3/p+1/b10-8-,16-14-,22-20-,28-26-,34-32-. The van der Waals surface area contributed by atoms with Gasteiger partial charge in [0.05, 0.1) is 27.7 Å². The third-order valence-corrected chi connectivity index (χ3v) is 13.3. The Morgan fingerprint density at radius 2 is 0.826 bits per heavy atom. The molecule has 0 saturated carbocycles. The highest BCUT2D eigenvalue weighted by Crippen LogP contribution is 2.43. The van der Waals surface area contributed by atoms with Crippen LogP contribution in [-0.4, -0.2) is 74.9 Å². The molecule has 0 aliphatic carbocycles. The topological polar surface area (TPSA) is 108 Å². The number of carbonyl (C=O) groups excluding carboxylic acids is 2. The first-order valence-corrected chi connectivity index (χ1v) is 30.0. The molecule has 2 unspecified atom stereocenters. The second kappa shape index (κ2) is 50.6. The van der Waals surface area contributed by atoms with Gasteiger partial charge in [-0.15, -0.1) is 0 Å². The second-order valence-corrected chi connectivity index (χ2v) is 21.8. The molecule has 0 aromatic carbocycles. The lowest BCUT2D eigenvalue weighted by Gasteiger charge is -2.24. The average molecular weight is 991 g/mol. The SMILES string of the molecule is CC/C=C\C/C=C\C/C=C\C/C=C\C/C=C\CCCCCCCCCC(=O)OC(COC(=O)CCCCCCCCCCCCCCCCCCCCCCCC)COP(=O)(O)OCC[N+](C)(C)C. The largest absolute Gasteiger partial charge is 0.472 e. The van der Waals surface area contributed by atoms with E-state index >= 15 is 0 Å². The monoisotopic (exact) mass is 991 g/mol. The first-order valence-electron chi connectivity index (χ1n) is 28.5. The maximum absolute atomic E-state index is 12.8. The number of nitrogens with zero attached hydrogens (tertiary/aromatic N) is 1. The van der Waals surface area contributed by atoms with E-state index in [1.165, 1.54) is 141 Å². The number of esters is 2. The summed E-state index contributed by atoms with van der Waals surface area (Å²) in [5.74, 6) is -0.802. The molecule has 0 fully saturated rings. The van der Waals surface area contributed by atoms with Crippen molar-refractivity contribution in [3.8, 4) is 0 Å². The molecule has 1 N–H and O–H groups in total. The lowest BCUT2D eigenvalue weighted by molar-refractivity contribution is -0.870. The van der Waals surface area contributed by atoms with E-state index in [0.29, 0.717) is 17.4 Å². The zero-order chi connectivity index (χ0) is 50.6. The average Bonchev–Trinajstić information content (AvgIpc) is 3.31. The molecule has 0 aromatic rings. The van der Waals surface area contributed by atoms with Crippen LogP contribution < -0.4 is 0 Å². The Hall–Kier alpha value is -2.29. The van der Waals surface area contributed by atoms with Gasteiger partial charge >= 0.3 is 19.8 Å². The fourth-order valence-electron chi connectivity index (χ4n) is 7.93. The Morgan fingerprint density at radius 3 is 1.23 bits per heavy atom. The molecule has 0 aliphatic rings. The Kier molecular flexibility index (Phi) is 49.0. The molecule has 0 saturated heterocycles. The van der Waals surface area contributed by atoms with Crippen molar-refractivity contribution in [1.29, 1.82) is 0 Å². The Labute approximate surface area is 426 Å². The highest BCUT2D eigenvalue weighted by atomic mass is 31.2. The van der Waals surface area contributed by atoms with E-state index in [2.05, 4.69) is 74.6 Å². The number of rotatable bonds is 52. The number of quaternary nitrogens is 1. The van der Waals surface area contributed by atoms with Gasteiger partial charge in [-0.3, -0.25) is 18.6 Å². The third-order valence-electron chi connectivity index (χ3n) is 12.3. The van der Waals surface area contributed by atoms with Crippen LogP contribution in [0.3, 0.4) is 0 Å². The van der Waals surface area contributed by atoms with Gasteiger partial charge in [0, 0.05) is 12.8 Å². The van der Waals surface area contributed by atoms with Crippen molar-refractivity contribution >= 4 is 19.8 Å². The number of likely N-dealkylation sites (N-methyl/N-ethyl adjacent to an activating group) is 1. The lowest BCUT2D eigenvalue weighted by atomic mass is 10.0. The minimum Gasteiger partial charge on any atom is -0.462 e. The maximum Gasteiger partial charge on any atom is 0.472 e. The van der Waals surface area contributed by atoms with Crippen molar-refractivity contribution in [2.45, 2.75) is 258 Å². The summed E-state index contributed by atoms with van der Waals surface area (Å²) < 4.78 is 34.6. The first kappa shape index (κ1) is 66.7. The molecule has 0 amide bonds. The van der Waals surface area contributed by atoms with E-state index in [0.717, 1.165) is 77.0 Å². The van der Waals surface area contributed by atoms with Gasteiger partial charge < -0.3 is 18.9 Å². The van der Waals surface area contributed by atoms with Crippen molar-refractivity contribution in [3.05, 3.63) is 60.8 Å². The molecule has 69 heavy (non-hydrogen) atoms. The molecule has 402 valence electrons. The van der Waals surface area contributed by atoms with Gasteiger partial charge in [-0.2, -0.15) is 0 Å². The minimum absolute atomic E-state index is 0.0283. The molecule has 0 spiro atoms. The summed E-state index contributed by atoms with van der Waals surface area (Å²) >= 11 is 0. The van der Waals surface area contributed by atoms with Gasteiger partial charge in [0.2, 0.25) is 0 Å². The number of hydrogen-bond acceptors (Lipinski definition) is 7. The number of allylic oxidation sites excluding steroid dienone is 10. The summed E-state index contributed by atoms with van der Waals surface area (Å²) in [4.78, 5) is 35.7. The molecular weight excluding hydrogens is 882 g/mol. The van der Waals surface area contributed by atoms with Crippen LogP contribution in [0.1, 0.15) is 251 Å². The molecule has 0 rings (SSSR count). The quantitative estimate of drug-likeness (QED) is 0.0211. The number of phosphoric ester groups is 1. The summed E-state index contributed by atoms with van der Waals surface area (Å²) in [6, 6.07) is 0. The van der Waals surface area contributed by atoms with Gasteiger partial charge in [0.15, 0.2) is 6.10 Å². The van der Waals surface area contributed by atoms with Gasteiger partial charge in [0.25, 0.3) is 0 Å². The summed E-state index contributed by atoms with van der Waals surface area (Å²) in [5.41, 5.74) is 0. The number of unbranched alkanes of at least 4 members (excludes halogenated alkanes) is 28. The molecule has 0 aliphatic heterocycles. The van der Waals surface area contributed by atoms with Gasteiger partial charge in [-0.25, -0.2) is 4.57 Å². The smallest absolute Gasteiger partial charge is 0.462 e. The van der Waals surface area contributed by atoms with E-state index in [1.54, 1.807) is 0 Å². The van der Waals surface area contributed by atoms with Crippen molar-refractivity contribution in [2.75, 3.05) is 47.5 Å². The number of phosphoric acid groups is 1. The number of ether oxygens (including phenoxy) is 2.